The Labute approximate surface area is 69.1 Å². The number of aliphatic imine (C=N–C) groups is 1. The fourth-order valence-electron chi connectivity index (χ4n) is 0.747. The number of rotatable bonds is 0. The Morgan fingerprint density at radius 3 is 2.80 bits per heavy atom. The highest BCUT2D eigenvalue weighted by molar-refractivity contribution is 9.11. The zero-order chi connectivity index (χ0) is 7.72. The van der Waals surface area contributed by atoms with Crippen molar-refractivity contribution in [3.63, 3.8) is 0 Å². The van der Waals surface area contributed by atoms with Gasteiger partial charge >= 0.3 is 0 Å². The van der Waals surface area contributed by atoms with Crippen LogP contribution >= 0.6 is 15.9 Å². The summed E-state index contributed by atoms with van der Waals surface area (Å²) in [5.41, 5.74) is 1.90. The van der Waals surface area contributed by atoms with E-state index in [-0.39, 0.29) is 0 Å². The molecule has 0 unspecified atom stereocenters. The first kappa shape index (κ1) is 7.54. The molecule has 0 saturated carbocycles. The molecule has 0 fully saturated rings. The summed E-state index contributed by atoms with van der Waals surface area (Å²) < 4.78 is 0.847. The molecule has 0 spiro atoms. The quantitative estimate of drug-likeness (QED) is 0.548. The fourth-order valence-corrected chi connectivity index (χ4v) is 1.32. The van der Waals surface area contributed by atoms with Crippen LogP contribution in [0, 0.1) is 0 Å². The van der Waals surface area contributed by atoms with Crippen molar-refractivity contribution in [3.05, 3.63) is 23.1 Å². The summed E-state index contributed by atoms with van der Waals surface area (Å²) in [6.45, 7) is 5.78. The Morgan fingerprint density at radius 2 is 2.30 bits per heavy atom. The molecule has 2 nitrogen and oxygen atoms in total. The van der Waals surface area contributed by atoms with Gasteiger partial charge in [0, 0.05) is 13.2 Å². The molecule has 0 aromatic carbocycles. The molecule has 0 radical (unpaired) electrons. The van der Waals surface area contributed by atoms with Crippen molar-refractivity contribution in [1.82, 2.24) is 4.90 Å². The lowest BCUT2D eigenvalue weighted by atomic mass is 10.3. The Balaban J connectivity index is 2.95. The SMILES string of the molecule is C=C1C(C)=NC(Br)=CN1C. The van der Waals surface area contributed by atoms with Crippen LogP contribution in [0.3, 0.4) is 0 Å². The van der Waals surface area contributed by atoms with E-state index >= 15 is 0 Å². The Hall–Kier alpha value is -0.570. The second kappa shape index (κ2) is 2.58. The minimum Gasteiger partial charge on any atom is -0.347 e. The normalized spacial score (nSPS) is 18.7. The van der Waals surface area contributed by atoms with Crippen molar-refractivity contribution in [3.8, 4) is 0 Å². The topological polar surface area (TPSA) is 15.6 Å². The third-order valence-electron chi connectivity index (χ3n) is 1.42. The number of allylic oxidation sites excluding steroid dienone is 1. The summed E-state index contributed by atoms with van der Waals surface area (Å²) in [5, 5.41) is 0. The van der Waals surface area contributed by atoms with Crippen molar-refractivity contribution in [2.45, 2.75) is 6.92 Å². The highest BCUT2D eigenvalue weighted by Crippen LogP contribution is 2.17. The van der Waals surface area contributed by atoms with Crippen LogP contribution in [0.4, 0.5) is 0 Å². The molecule has 3 heteroatoms. The van der Waals surface area contributed by atoms with E-state index in [0.29, 0.717) is 0 Å². The Kier molecular flexibility index (Phi) is 1.94. The van der Waals surface area contributed by atoms with Crippen LogP contribution in [-0.2, 0) is 0 Å². The first-order valence-electron chi connectivity index (χ1n) is 2.96. The largest absolute Gasteiger partial charge is 0.347 e. The van der Waals surface area contributed by atoms with Crippen molar-refractivity contribution in [2.24, 2.45) is 4.99 Å². The Morgan fingerprint density at radius 1 is 1.70 bits per heavy atom. The van der Waals surface area contributed by atoms with Crippen LogP contribution in [0.15, 0.2) is 28.1 Å². The number of halogens is 1. The lowest BCUT2D eigenvalue weighted by molar-refractivity contribution is 0.591. The summed E-state index contributed by atoms with van der Waals surface area (Å²) >= 11 is 3.29. The van der Waals surface area contributed by atoms with Crippen LogP contribution in [0.25, 0.3) is 0 Å². The lowest BCUT2D eigenvalue weighted by Crippen LogP contribution is -2.18. The molecule has 0 amide bonds. The molecule has 1 heterocycles. The van der Waals surface area contributed by atoms with Gasteiger partial charge in [-0.2, -0.15) is 0 Å². The molecule has 0 aliphatic carbocycles. The van der Waals surface area contributed by atoms with Gasteiger partial charge in [0.05, 0.1) is 11.4 Å². The number of hydrogen-bond acceptors (Lipinski definition) is 2. The van der Waals surface area contributed by atoms with E-state index in [2.05, 4.69) is 27.5 Å². The smallest absolute Gasteiger partial charge is 0.122 e. The maximum absolute atomic E-state index is 4.17. The third kappa shape index (κ3) is 1.29. The van der Waals surface area contributed by atoms with E-state index in [1.165, 1.54) is 0 Å². The summed E-state index contributed by atoms with van der Waals surface area (Å²) in [6.07, 6.45) is 1.88. The highest BCUT2D eigenvalue weighted by Gasteiger charge is 2.08. The van der Waals surface area contributed by atoms with Gasteiger partial charge in [-0.15, -0.1) is 0 Å². The average molecular weight is 201 g/mol. The van der Waals surface area contributed by atoms with Crippen molar-refractivity contribution in [2.75, 3.05) is 7.05 Å². The van der Waals surface area contributed by atoms with E-state index < -0.39 is 0 Å². The molecule has 1 rings (SSSR count). The van der Waals surface area contributed by atoms with Crippen LogP contribution in [-0.4, -0.2) is 17.7 Å². The summed E-state index contributed by atoms with van der Waals surface area (Å²) in [4.78, 5) is 6.10. The first-order valence-corrected chi connectivity index (χ1v) is 3.75. The van der Waals surface area contributed by atoms with Gasteiger partial charge < -0.3 is 4.90 Å². The molecule has 54 valence electrons. The van der Waals surface area contributed by atoms with Gasteiger partial charge in [-0.25, -0.2) is 4.99 Å². The lowest BCUT2D eigenvalue weighted by Gasteiger charge is -2.20. The zero-order valence-corrected chi connectivity index (χ0v) is 7.64. The molecular formula is C7H9BrN2. The minimum absolute atomic E-state index is 0.847. The Bertz CT molecular complexity index is 228. The third-order valence-corrected chi connectivity index (χ3v) is 1.80. The van der Waals surface area contributed by atoms with Gasteiger partial charge in [-0.3, -0.25) is 0 Å². The molecule has 0 aromatic heterocycles. The fraction of sp³-hybridized carbons (Fsp3) is 0.286. The number of nitrogens with zero attached hydrogens (tertiary/aromatic N) is 2. The molecule has 0 N–H and O–H groups in total. The van der Waals surface area contributed by atoms with Crippen LogP contribution < -0.4 is 0 Å². The van der Waals surface area contributed by atoms with E-state index in [1.807, 2.05) is 25.1 Å². The summed E-state index contributed by atoms with van der Waals surface area (Å²) in [5.74, 6) is 0. The van der Waals surface area contributed by atoms with Crippen LogP contribution in [0.5, 0.6) is 0 Å². The van der Waals surface area contributed by atoms with Gasteiger partial charge in [-0.1, -0.05) is 6.58 Å². The molecule has 0 aromatic rings. The molecule has 0 saturated heterocycles. The van der Waals surface area contributed by atoms with E-state index in [1.54, 1.807) is 0 Å². The predicted molar refractivity (Wildman–Crippen MR) is 47.0 cm³/mol. The van der Waals surface area contributed by atoms with Crippen molar-refractivity contribution >= 4 is 21.6 Å². The summed E-state index contributed by atoms with van der Waals surface area (Å²) in [7, 11) is 1.95. The van der Waals surface area contributed by atoms with Gasteiger partial charge in [0.2, 0.25) is 0 Å². The molecule has 1 aliphatic rings. The molecule has 0 bridgehead atoms. The van der Waals surface area contributed by atoms with Gasteiger partial charge in [0.15, 0.2) is 0 Å². The van der Waals surface area contributed by atoms with Crippen molar-refractivity contribution in [1.29, 1.82) is 0 Å². The van der Waals surface area contributed by atoms with Gasteiger partial charge in [-0.05, 0) is 22.9 Å². The molecule has 10 heavy (non-hydrogen) atoms. The van der Waals surface area contributed by atoms with Crippen molar-refractivity contribution < 1.29 is 0 Å². The van der Waals surface area contributed by atoms with Crippen LogP contribution in [0.2, 0.25) is 0 Å². The highest BCUT2D eigenvalue weighted by atomic mass is 79.9. The van der Waals surface area contributed by atoms with E-state index in [0.717, 1.165) is 16.0 Å². The molecule has 1 aliphatic heterocycles. The number of hydrogen-bond donors (Lipinski definition) is 0. The van der Waals surface area contributed by atoms with Gasteiger partial charge in [0.25, 0.3) is 0 Å². The molecular weight excluding hydrogens is 192 g/mol. The summed E-state index contributed by atoms with van der Waals surface area (Å²) in [6, 6.07) is 0. The first-order chi connectivity index (χ1) is 4.61. The van der Waals surface area contributed by atoms with E-state index in [9.17, 15) is 0 Å². The second-order valence-electron chi connectivity index (χ2n) is 2.21. The second-order valence-corrected chi connectivity index (χ2v) is 3.02. The standard InChI is InChI=1S/C7H9BrN2/c1-5-6(2)10(3)4-7(8)9-5/h4H,2H2,1,3H3. The maximum atomic E-state index is 4.17. The monoisotopic (exact) mass is 200 g/mol. The zero-order valence-electron chi connectivity index (χ0n) is 6.06. The van der Waals surface area contributed by atoms with Crippen LogP contribution in [0.1, 0.15) is 6.92 Å². The predicted octanol–water partition coefficient (Wildman–Crippen LogP) is 2.10. The average Bonchev–Trinajstić information content (AvgIpc) is 1.82. The maximum Gasteiger partial charge on any atom is 0.122 e. The molecule has 0 atom stereocenters. The van der Waals surface area contributed by atoms with Gasteiger partial charge in [0.1, 0.15) is 4.61 Å². The minimum atomic E-state index is 0.847. The van der Waals surface area contributed by atoms with E-state index in [4.69, 9.17) is 0 Å².